The predicted molar refractivity (Wildman–Crippen MR) is 170 cm³/mol. The van der Waals surface area contributed by atoms with Gasteiger partial charge in [-0.15, -0.1) is 0 Å². The Balaban J connectivity index is 1.53. The van der Waals surface area contributed by atoms with Gasteiger partial charge in [-0.05, 0) is 71.9 Å². The smallest absolute Gasteiger partial charge is 0.0541 e. The molecule has 0 amide bonds. The number of likely N-dealkylation sites (N-methyl/N-ethyl adjacent to an activating group) is 1. The van der Waals surface area contributed by atoms with Crippen LogP contribution in [0.25, 0.3) is 33.1 Å². The van der Waals surface area contributed by atoms with E-state index in [-0.39, 0.29) is 5.92 Å². The zero-order valence-corrected chi connectivity index (χ0v) is 22.9. The first-order chi connectivity index (χ1) is 19.1. The molecule has 0 saturated heterocycles. The number of benzene rings is 3. The fourth-order valence-electron chi connectivity index (χ4n) is 5.55. The fraction of sp³-hybridized carbons (Fsp3) is 0.135. The molecule has 1 aromatic heterocycles. The number of hydrogen-bond donors (Lipinski definition) is 0. The summed E-state index contributed by atoms with van der Waals surface area (Å²) >= 11 is 0. The molecule has 1 aliphatic rings. The molecular formula is C37H36N2. The third kappa shape index (κ3) is 5.37. The first-order valence-corrected chi connectivity index (χ1v) is 13.6. The highest BCUT2D eigenvalue weighted by Crippen LogP contribution is 2.34. The molecule has 194 valence electrons. The highest BCUT2D eigenvalue weighted by molar-refractivity contribution is 6.09. The van der Waals surface area contributed by atoms with Crippen LogP contribution in [0.3, 0.4) is 0 Å². The average molecular weight is 509 g/mol. The number of hydrogen-bond acceptors (Lipinski definition) is 1. The maximum atomic E-state index is 4.20. The van der Waals surface area contributed by atoms with Crippen LogP contribution < -0.4 is 0 Å². The van der Waals surface area contributed by atoms with Crippen molar-refractivity contribution in [3.63, 3.8) is 0 Å². The van der Waals surface area contributed by atoms with Gasteiger partial charge in [0.05, 0.1) is 11.0 Å². The van der Waals surface area contributed by atoms with Crippen LogP contribution >= 0.6 is 0 Å². The normalized spacial score (nSPS) is 15.1. The van der Waals surface area contributed by atoms with E-state index in [1.54, 1.807) is 6.08 Å². The molecule has 5 rings (SSSR count). The lowest BCUT2D eigenvalue weighted by molar-refractivity contribution is 0.555. The van der Waals surface area contributed by atoms with Crippen molar-refractivity contribution in [3.05, 3.63) is 158 Å². The van der Waals surface area contributed by atoms with Crippen molar-refractivity contribution < 1.29 is 0 Å². The van der Waals surface area contributed by atoms with E-state index in [1.807, 2.05) is 24.3 Å². The molecule has 1 heterocycles. The second kappa shape index (κ2) is 11.9. The van der Waals surface area contributed by atoms with Crippen molar-refractivity contribution in [1.82, 2.24) is 9.47 Å². The van der Waals surface area contributed by atoms with Gasteiger partial charge < -0.3 is 9.47 Å². The van der Waals surface area contributed by atoms with Crippen LogP contribution in [0.2, 0.25) is 0 Å². The molecule has 1 aliphatic carbocycles. The molecule has 0 radical (unpaired) electrons. The Labute approximate surface area is 232 Å². The maximum Gasteiger partial charge on any atom is 0.0541 e. The van der Waals surface area contributed by atoms with Crippen LogP contribution in [-0.2, 0) is 0 Å². The highest BCUT2D eigenvalue weighted by atomic mass is 15.1. The summed E-state index contributed by atoms with van der Waals surface area (Å²) in [4.78, 5) is 2.21. The van der Waals surface area contributed by atoms with Gasteiger partial charge >= 0.3 is 0 Å². The van der Waals surface area contributed by atoms with Crippen LogP contribution in [0, 0.1) is 5.92 Å². The summed E-state index contributed by atoms with van der Waals surface area (Å²) < 4.78 is 2.37. The Morgan fingerprint density at radius 1 is 0.897 bits per heavy atom. The first-order valence-electron chi connectivity index (χ1n) is 13.6. The van der Waals surface area contributed by atoms with E-state index < -0.39 is 0 Å². The molecule has 0 saturated carbocycles. The van der Waals surface area contributed by atoms with Crippen LogP contribution in [-0.4, -0.2) is 16.5 Å². The molecule has 0 bridgehead atoms. The van der Waals surface area contributed by atoms with E-state index in [4.69, 9.17) is 0 Å². The number of allylic oxidation sites excluding steroid dienone is 10. The lowest BCUT2D eigenvalue weighted by Gasteiger charge is -2.26. The Morgan fingerprint density at radius 2 is 1.62 bits per heavy atom. The molecule has 1 unspecified atom stereocenters. The number of nitrogens with zero attached hydrogens (tertiary/aromatic N) is 2. The van der Waals surface area contributed by atoms with Crippen LogP contribution in [0.15, 0.2) is 152 Å². The summed E-state index contributed by atoms with van der Waals surface area (Å²) in [5.41, 5.74) is 8.62. The van der Waals surface area contributed by atoms with Gasteiger partial charge in [-0.2, -0.15) is 0 Å². The molecule has 0 fully saturated rings. The second-order valence-electron chi connectivity index (χ2n) is 9.96. The largest absolute Gasteiger partial charge is 0.351 e. The number of fused-ring (bicyclic) bond motifs is 3. The zero-order chi connectivity index (χ0) is 27.2. The third-order valence-electron chi connectivity index (χ3n) is 7.45. The van der Waals surface area contributed by atoms with E-state index in [9.17, 15) is 0 Å². The van der Waals surface area contributed by atoms with Crippen LogP contribution in [0.4, 0.5) is 0 Å². The summed E-state index contributed by atoms with van der Waals surface area (Å²) in [5, 5.41) is 2.55. The van der Waals surface area contributed by atoms with Crippen molar-refractivity contribution >= 4 is 27.4 Å². The van der Waals surface area contributed by atoms with Gasteiger partial charge in [0.15, 0.2) is 0 Å². The summed E-state index contributed by atoms with van der Waals surface area (Å²) in [6, 6.07) is 26.1. The monoisotopic (exact) mass is 508 g/mol. The molecule has 0 N–H and O–H groups in total. The molecule has 0 spiro atoms. The highest BCUT2D eigenvalue weighted by Gasteiger charge is 2.17. The minimum Gasteiger partial charge on any atom is -0.351 e. The molecule has 39 heavy (non-hydrogen) atoms. The van der Waals surface area contributed by atoms with Gasteiger partial charge in [0.25, 0.3) is 0 Å². The minimum absolute atomic E-state index is 0.273. The summed E-state index contributed by atoms with van der Waals surface area (Å²) in [5.74, 6) is 0.273. The van der Waals surface area contributed by atoms with E-state index in [1.165, 1.54) is 38.6 Å². The topological polar surface area (TPSA) is 8.17 Å². The molecule has 2 heteroatoms. The minimum atomic E-state index is 0.273. The standard InChI is InChI=1S/C37H36N2/c1-5-7-8-15-25-38(4)35-22-12-9-19-32(35)28(3)26-29(6-2)30-17-16-18-31(27-30)39-36-23-13-10-20-33(36)34-21-11-14-24-37(34)39/h5-8,10-18,20-28H,1-2,9,19H2,3-4H3/b8-7-,25-15+,29-26+. The van der Waals surface area contributed by atoms with Gasteiger partial charge in [-0.25, -0.2) is 0 Å². The molecule has 3 aromatic carbocycles. The molecule has 0 aliphatic heterocycles. The molecule has 1 atom stereocenters. The first kappa shape index (κ1) is 26.1. The van der Waals surface area contributed by atoms with Gasteiger partial charge in [-0.3, -0.25) is 0 Å². The lowest BCUT2D eigenvalue weighted by atomic mass is 9.88. The second-order valence-corrected chi connectivity index (χ2v) is 9.96. The Kier molecular flexibility index (Phi) is 7.94. The average Bonchev–Trinajstić information content (AvgIpc) is 3.32. The predicted octanol–water partition coefficient (Wildman–Crippen LogP) is 9.78. The Morgan fingerprint density at radius 3 is 2.31 bits per heavy atom. The van der Waals surface area contributed by atoms with Crippen molar-refractivity contribution in [2.75, 3.05) is 7.05 Å². The van der Waals surface area contributed by atoms with Crippen molar-refractivity contribution in [2.45, 2.75) is 19.8 Å². The lowest BCUT2D eigenvalue weighted by Crippen LogP contribution is -2.16. The summed E-state index contributed by atoms with van der Waals surface area (Å²) in [6.07, 6.45) is 20.9. The number of rotatable bonds is 9. The van der Waals surface area contributed by atoms with Gasteiger partial charge in [0.1, 0.15) is 0 Å². The van der Waals surface area contributed by atoms with Crippen LogP contribution in [0.5, 0.6) is 0 Å². The van der Waals surface area contributed by atoms with Gasteiger partial charge in [0.2, 0.25) is 0 Å². The van der Waals surface area contributed by atoms with Crippen molar-refractivity contribution in [1.29, 1.82) is 0 Å². The van der Waals surface area contributed by atoms with E-state index in [0.29, 0.717) is 0 Å². The van der Waals surface area contributed by atoms with Gasteiger partial charge in [0, 0.05) is 35.4 Å². The molecular weight excluding hydrogens is 472 g/mol. The Hall–Kier alpha value is -4.56. The SMILES string of the molecule is C=C/C=C\C=C\N(C)C1=C(C(C)/C=C(\C=C)c2cccc(-n3c4ccccc4c4ccccc43)c2)CCC=C1. The molecule has 4 aromatic rings. The van der Waals surface area contributed by atoms with Crippen LogP contribution in [0.1, 0.15) is 25.3 Å². The van der Waals surface area contributed by atoms with E-state index >= 15 is 0 Å². The maximum absolute atomic E-state index is 4.20. The van der Waals surface area contributed by atoms with Gasteiger partial charge in [-0.1, -0.05) is 105 Å². The number of aromatic nitrogens is 1. The van der Waals surface area contributed by atoms with E-state index in [0.717, 1.165) is 24.1 Å². The van der Waals surface area contributed by atoms with E-state index in [2.05, 4.69) is 134 Å². The summed E-state index contributed by atoms with van der Waals surface area (Å²) in [7, 11) is 2.11. The zero-order valence-electron chi connectivity index (χ0n) is 22.9. The molecule has 2 nitrogen and oxygen atoms in total. The fourth-order valence-corrected chi connectivity index (χ4v) is 5.55. The quantitative estimate of drug-likeness (QED) is 0.204. The van der Waals surface area contributed by atoms with Crippen molar-refractivity contribution in [2.24, 2.45) is 5.92 Å². The number of para-hydroxylation sites is 2. The summed E-state index contributed by atoms with van der Waals surface area (Å²) in [6.45, 7) is 10.2. The Bertz CT molecular complexity index is 1610. The third-order valence-corrected chi connectivity index (χ3v) is 7.45. The van der Waals surface area contributed by atoms with Crippen molar-refractivity contribution in [3.8, 4) is 5.69 Å².